The van der Waals surface area contributed by atoms with Crippen LogP contribution < -0.4 is 0 Å². The highest BCUT2D eigenvalue weighted by molar-refractivity contribution is 6.31. The molecular weight excluding hydrogens is 312 g/mol. The van der Waals surface area contributed by atoms with Crippen LogP contribution in [-0.4, -0.2) is 22.1 Å². The number of halogens is 1. The van der Waals surface area contributed by atoms with Crippen LogP contribution in [0, 0.1) is 6.92 Å². The maximum atomic E-state index is 11.8. The second-order valence-corrected chi connectivity index (χ2v) is 5.67. The van der Waals surface area contributed by atoms with Crippen molar-refractivity contribution in [3.05, 3.63) is 64.4 Å². The fourth-order valence-corrected chi connectivity index (χ4v) is 2.78. The van der Waals surface area contributed by atoms with Crippen molar-refractivity contribution in [1.82, 2.24) is 9.55 Å². The van der Waals surface area contributed by atoms with Crippen LogP contribution in [0.1, 0.15) is 28.7 Å². The van der Waals surface area contributed by atoms with Gasteiger partial charge >= 0.3 is 5.97 Å². The third-order valence-corrected chi connectivity index (χ3v) is 4.11. The highest BCUT2D eigenvalue weighted by Gasteiger charge is 2.13. The van der Waals surface area contributed by atoms with Gasteiger partial charge in [0.15, 0.2) is 0 Å². The molecule has 0 bridgehead atoms. The predicted molar refractivity (Wildman–Crippen MR) is 91.0 cm³/mol. The molecule has 118 valence electrons. The van der Waals surface area contributed by atoms with E-state index in [-0.39, 0.29) is 5.97 Å². The number of aryl methyl sites for hydroxylation is 1. The Kier molecular flexibility index (Phi) is 4.35. The predicted octanol–water partition coefficient (Wildman–Crippen LogP) is 4.22. The summed E-state index contributed by atoms with van der Waals surface area (Å²) < 4.78 is 7.12. The number of ether oxygens (including phenoxy) is 1. The number of rotatable bonds is 4. The molecule has 5 heteroatoms. The molecule has 0 aliphatic rings. The van der Waals surface area contributed by atoms with Gasteiger partial charge in [0.2, 0.25) is 0 Å². The fourth-order valence-electron chi connectivity index (χ4n) is 2.59. The zero-order valence-electron chi connectivity index (χ0n) is 13.0. The summed E-state index contributed by atoms with van der Waals surface area (Å²) in [7, 11) is 0. The summed E-state index contributed by atoms with van der Waals surface area (Å²) in [6.45, 7) is 4.73. The number of nitrogens with zero attached hydrogens (tertiary/aromatic N) is 2. The lowest BCUT2D eigenvalue weighted by Crippen LogP contribution is -2.05. The molecule has 0 N–H and O–H groups in total. The van der Waals surface area contributed by atoms with Crippen molar-refractivity contribution in [2.75, 3.05) is 6.61 Å². The van der Waals surface area contributed by atoms with Crippen molar-refractivity contribution in [3.63, 3.8) is 0 Å². The summed E-state index contributed by atoms with van der Waals surface area (Å²) in [6, 6.07) is 13.2. The van der Waals surface area contributed by atoms with Gasteiger partial charge in [0.25, 0.3) is 0 Å². The van der Waals surface area contributed by atoms with Crippen LogP contribution in [0.15, 0.2) is 42.5 Å². The number of hydrogen-bond donors (Lipinski definition) is 0. The van der Waals surface area contributed by atoms with Gasteiger partial charge in [-0.1, -0.05) is 29.8 Å². The number of carbonyl (C=O) groups excluding carboxylic acids is 1. The Bertz CT molecular complexity index is 871. The van der Waals surface area contributed by atoms with Crippen LogP contribution in [0.2, 0.25) is 5.02 Å². The van der Waals surface area contributed by atoms with Gasteiger partial charge in [-0.15, -0.1) is 0 Å². The van der Waals surface area contributed by atoms with E-state index in [0.717, 1.165) is 27.4 Å². The number of aromatic nitrogens is 2. The Labute approximate surface area is 139 Å². The normalized spacial score (nSPS) is 10.9. The minimum Gasteiger partial charge on any atom is -0.462 e. The first-order chi connectivity index (χ1) is 11.1. The van der Waals surface area contributed by atoms with Crippen LogP contribution >= 0.6 is 11.6 Å². The molecule has 1 heterocycles. The molecule has 3 aromatic rings. The average molecular weight is 329 g/mol. The van der Waals surface area contributed by atoms with E-state index in [1.54, 1.807) is 19.1 Å². The fraction of sp³-hybridized carbons (Fsp3) is 0.222. The largest absolute Gasteiger partial charge is 0.462 e. The van der Waals surface area contributed by atoms with Gasteiger partial charge in [0.05, 0.1) is 29.7 Å². The molecule has 0 saturated carbocycles. The van der Waals surface area contributed by atoms with E-state index in [9.17, 15) is 4.79 Å². The smallest absolute Gasteiger partial charge is 0.338 e. The molecule has 4 nitrogen and oxygen atoms in total. The third kappa shape index (κ3) is 3.08. The molecule has 0 aliphatic heterocycles. The molecule has 0 unspecified atom stereocenters. The van der Waals surface area contributed by atoms with Gasteiger partial charge in [0, 0.05) is 5.02 Å². The summed E-state index contributed by atoms with van der Waals surface area (Å²) in [5, 5.41) is 0.733. The van der Waals surface area contributed by atoms with Gasteiger partial charge < -0.3 is 9.30 Å². The van der Waals surface area contributed by atoms with Gasteiger partial charge in [-0.2, -0.15) is 0 Å². The Hall–Kier alpha value is -2.33. The maximum Gasteiger partial charge on any atom is 0.338 e. The number of hydrogen-bond acceptors (Lipinski definition) is 3. The first-order valence-electron chi connectivity index (χ1n) is 7.47. The minimum atomic E-state index is -0.326. The lowest BCUT2D eigenvalue weighted by molar-refractivity contribution is 0.0526. The zero-order valence-corrected chi connectivity index (χ0v) is 13.8. The molecule has 0 atom stereocenters. The number of fused-ring (bicyclic) bond motifs is 1. The summed E-state index contributed by atoms with van der Waals surface area (Å²) >= 11 is 6.25. The molecule has 23 heavy (non-hydrogen) atoms. The SMILES string of the molecule is CCOC(=O)c1ccc2c(c1)nc(C)n2Cc1ccccc1Cl. The third-order valence-electron chi connectivity index (χ3n) is 3.74. The maximum absolute atomic E-state index is 11.8. The molecule has 1 aromatic heterocycles. The van der Waals surface area contributed by atoms with Gasteiger partial charge in [-0.25, -0.2) is 9.78 Å². The lowest BCUT2D eigenvalue weighted by Gasteiger charge is -2.09. The van der Waals surface area contributed by atoms with Gasteiger partial charge in [-0.05, 0) is 43.7 Å². The van der Waals surface area contributed by atoms with E-state index in [2.05, 4.69) is 9.55 Å². The van der Waals surface area contributed by atoms with Gasteiger partial charge in [0.1, 0.15) is 5.82 Å². The number of esters is 1. The molecule has 0 aliphatic carbocycles. The summed E-state index contributed by atoms with van der Waals surface area (Å²) in [5.41, 5.74) is 3.29. The minimum absolute atomic E-state index is 0.326. The topological polar surface area (TPSA) is 44.1 Å². The Morgan fingerprint density at radius 3 is 2.78 bits per heavy atom. The Morgan fingerprint density at radius 2 is 2.04 bits per heavy atom. The number of benzene rings is 2. The second kappa shape index (κ2) is 6.42. The summed E-state index contributed by atoms with van der Waals surface area (Å²) in [6.07, 6.45) is 0. The van der Waals surface area contributed by atoms with E-state index < -0.39 is 0 Å². The molecule has 0 spiro atoms. The number of carbonyl (C=O) groups is 1. The molecule has 2 aromatic carbocycles. The van der Waals surface area contributed by atoms with Crippen LogP contribution in [0.25, 0.3) is 11.0 Å². The van der Waals surface area contributed by atoms with E-state index in [4.69, 9.17) is 16.3 Å². The van der Waals surface area contributed by atoms with Crippen LogP contribution in [0.4, 0.5) is 0 Å². The first kappa shape index (κ1) is 15.6. The zero-order chi connectivity index (χ0) is 16.4. The highest BCUT2D eigenvalue weighted by Crippen LogP contribution is 2.22. The Morgan fingerprint density at radius 1 is 1.26 bits per heavy atom. The monoisotopic (exact) mass is 328 g/mol. The van der Waals surface area contributed by atoms with E-state index in [1.165, 1.54) is 0 Å². The van der Waals surface area contributed by atoms with Crippen molar-refractivity contribution in [2.45, 2.75) is 20.4 Å². The quantitative estimate of drug-likeness (QED) is 0.673. The molecule has 0 fully saturated rings. The molecular formula is C18H17ClN2O2. The molecule has 3 rings (SSSR count). The standard InChI is InChI=1S/C18H17ClN2O2/c1-3-23-18(22)13-8-9-17-16(10-13)20-12(2)21(17)11-14-6-4-5-7-15(14)19/h4-10H,3,11H2,1-2H3. The summed E-state index contributed by atoms with van der Waals surface area (Å²) in [4.78, 5) is 16.4. The van der Waals surface area contributed by atoms with Crippen molar-refractivity contribution < 1.29 is 9.53 Å². The van der Waals surface area contributed by atoms with E-state index in [1.807, 2.05) is 37.3 Å². The molecule has 0 radical (unpaired) electrons. The average Bonchev–Trinajstić information content (AvgIpc) is 2.85. The van der Waals surface area contributed by atoms with Gasteiger partial charge in [-0.3, -0.25) is 0 Å². The van der Waals surface area contributed by atoms with Crippen molar-refractivity contribution in [1.29, 1.82) is 0 Å². The first-order valence-corrected chi connectivity index (χ1v) is 7.85. The Balaban J connectivity index is 2.00. The van der Waals surface area contributed by atoms with Crippen molar-refractivity contribution in [3.8, 4) is 0 Å². The van der Waals surface area contributed by atoms with Crippen LogP contribution in [-0.2, 0) is 11.3 Å². The highest BCUT2D eigenvalue weighted by atomic mass is 35.5. The number of imidazole rings is 1. The molecule has 0 saturated heterocycles. The van der Waals surface area contributed by atoms with E-state index >= 15 is 0 Å². The molecule has 0 amide bonds. The second-order valence-electron chi connectivity index (χ2n) is 5.26. The lowest BCUT2D eigenvalue weighted by atomic mass is 10.2. The van der Waals surface area contributed by atoms with Crippen LogP contribution in [0.3, 0.4) is 0 Å². The van der Waals surface area contributed by atoms with E-state index in [0.29, 0.717) is 18.7 Å². The van der Waals surface area contributed by atoms with Crippen molar-refractivity contribution >= 4 is 28.6 Å². The van der Waals surface area contributed by atoms with Crippen molar-refractivity contribution in [2.24, 2.45) is 0 Å². The van der Waals surface area contributed by atoms with Crippen LogP contribution in [0.5, 0.6) is 0 Å². The summed E-state index contributed by atoms with van der Waals surface area (Å²) in [5.74, 6) is 0.550.